The van der Waals surface area contributed by atoms with Gasteiger partial charge < -0.3 is 26.4 Å². The molecular formula is C20H20BF4NO2. The highest BCUT2D eigenvalue weighted by Gasteiger charge is 2.20. The molecule has 3 nitrogen and oxygen atoms in total. The molecule has 4 rings (SSSR count). The lowest BCUT2D eigenvalue weighted by molar-refractivity contribution is 0.0965. The molecule has 0 unspecified atom stereocenters. The van der Waals surface area contributed by atoms with Crippen molar-refractivity contribution in [1.82, 2.24) is 4.58 Å². The molecule has 1 fully saturated rings. The van der Waals surface area contributed by atoms with Crippen LogP contribution in [0.2, 0.25) is 0 Å². The molecule has 148 valence electrons. The third-order valence-corrected chi connectivity index (χ3v) is 4.39. The fraction of sp³-hybridized carbons (Fsp3) is 0.250. The average Bonchev–Trinajstić information content (AvgIpc) is 2.67. The second-order valence-electron chi connectivity index (χ2n) is 6.43. The van der Waals surface area contributed by atoms with Crippen LogP contribution in [0.3, 0.4) is 0 Å². The second kappa shape index (κ2) is 8.60. The van der Waals surface area contributed by atoms with Gasteiger partial charge in [0, 0.05) is 17.2 Å². The van der Waals surface area contributed by atoms with Crippen LogP contribution in [0.1, 0.15) is 5.56 Å². The van der Waals surface area contributed by atoms with E-state index in [1.807, 2.05) is 18.2 Å². The van der Waals surface area contributed by atoms with Crippen molar-refractivity contribution >= 4 is 7.25 Å². The van der Waals surface area contributed by atoms with Gasteiger partial charge in [-0.05, 0) is 24.6 Å². The summed E-state index contributed by atoms with van der Waals surface area (Å²) in [6.07, 6.45) is 0. The third-order valence-electron chi connectivity index (χ3n) is 4.39. The molecular weight excluding hydrogens is 373 g/mol. The fourth-order valence-corrected chi connectivity index (χ4v) is 3.11. The highest BCUT2D eigenvalue weighted by Crippen LogP contribution is 2.30. The SMILES string of the molecule is Cc1cc(-c2ccccc2)oc2cc(=[N+]3CCOCC3)ccc1-2.F[B-](F)(F)F. The molecule has 0 spiro atoms. The maximum absolute atomic E-state index is 9.75. The Morgan fingerprint density at radius 2 is 1.50 bits per heavy atom. The first-order valence-electron chi connectivity index (χ1n) is 8.94. The lowest BCUT2D eigenvalue weighted by atomic mass is 10.0. The van der Waals surface area contributed by atoms with Crippen molar-refractivity contribution in [2.24, 2.45) is 0 Å². The smallest absolute Gasteiger partial charge is 0.456 e. The Kier molecular flexibility index (Phi) is 6.19. The van der Waals surface area contributed by atoms with Crippen molar-refractivity contribution in [3.63, 3.8) is 0 Å². The zero-order chi connectivity index (χ0) is 20.1. The van der Waals surface area contributed by atoms with Gasteiger partial charge in [0.2, 0.25) is 5.36 Å². The summed E-state index contributed by atoms with van der Waals surface area (Å²) >= 11 is 0. The van der Waals surface area contributed by atoms with Gasteiger partial charge in [0.25, 0.3) is 0 Å². The molecule has 8 heteroatoms. The van der Waals surface area contributed by atoms with Crippen molar-refractivity contribution in [2.45, 2.75) is 6.92 Å². The molecule has 0 aromatic heterocycles. The topological polar surface area (TPSA) is 25.4 Å². The molecule has 0 amide bonds. The minimum absolute atomic E-state index is 0.790. The van der Waals surface area contributed by atoms with E-state index in [9.17, 15) is 17.3 Å². The van der Waals surface area contributed by atoms with Crippen molar-refractivity contribution in [2.75, 3.05) is 26.3 Å². The largest absolute Gasteiger partial charge is 0.673 e. The number of halogens is 4. The summed E-state index contributed by atoms with van der Waals surface area (Å²) in [7, 11) is -6.00. The third kappa shape index (κ3) is 5.45. The fourth-order valence-electron chi connectivity index (χ4n) is 3.11. The van der Waals surface area contributed by atoms with E-state index in [0.717, 1.165) is 43.4 Å². The molecule has 0 bridgehead atoms. The van der Waals surface area contributed by atoms with Crippen molar-refractivity contribution in [1.29, 1.82) is 0 Å². The van der Waals surface area contributed by atoms with Crippen LogP contribution in [0.4, 0.5) is 17.3 Å². The Labute approximate surface area is 160 Å². The monoisotopic (exact) mass is 393 g/mol. The standard InChI is InChI=1S/C20H20NO2.BF4/c1-15-13-19(16-5-3-2-4-6-16)23-20-14-17(7-8-18(15)20)21-9-11-22-12-10-21;2-1(3,4)5/h2-8,13-14H,9-12H2,1H3;/q+1;-1. The molecule has 2 heterocycles. The van der Waals surface area contributed by atoms with E-state index >= 15 is 0 Å². The summed E-state index contributed by atoms with van der Waals surface area (Å²) in [6, 6.07) is 18.9. The Hall–Kier alpha value is -2.61. The number of ether oxygens (including phenoxy) is 1. The van der Waals surface area contributed by atoms with Crippen LogP contribution in [-0.4, -0.2) is 33.6 Å². The van der Waals surface area contributed by atoms with Crippen molar-refractivity contribution in [3.8, 4) is 22.6 Å². The molecule has 1 aliphatic carbocycles. The van der Waals surface area contributed by atoms with E-state index in [1.165, 1.54) is 16.5 Å². The molecule has 28 heavy (non-hydrogen) atoms. The molecule has 1 aromatic carbocycles. The molecule has 3 aliphatic rings. The number of morpholine rings is 1. The average molecular weight is 393 g/mol. The summed E-state index contributed by atoms with van der Waals surface area (Å²) in [5.41, 5.74) is 3.51. The van der Waals surface area contributed by atoms with Gasteiger partial charge in [-0.2, -0.15) is 0 Å². The molecule has 0 saturated carbocycles. The number of aryl methyl sites for hydroxylation is 1. The van der Waals surface area contributed by atoms with Gasteiger partial charge in [0.15, 0.2) is 13.1 Å². The predicted molar refractivity (Wildman–Crippen MR) is 102 cm³/mol. The highest BCUT2D eigenvalue weighted by atomic mass is 19.5. The Morgan fingerprint density at radius 1 is 0.857 bits per heavy atom. The van der Waals surface area contributed by atoms with Crippen molar-refractivity contribution < 1.29 is 26.4 Å². The van der Waals surface area contributed by atoms with E-state index in [0.29, 0.717) is 0 Å². The quantitative estimate of drug-likeness (QED) is 0.347. The van der Waals surface area contributed by atoms with Crippen LogP contribution in [0.25, 0.3) is 22.6 Å². The van der Waals surface area contributed by atoms with Crippen LogP contribution >= 0.6 is 0 Å². The minimum atomic E-state index is -6.00. The summed E-state index contributed by atoms with van der Waals surface area (Å²) in [6.45, 7) is 5.58. The predicted octanol–water partition coefficient (Wildman–Crippen LogP) is 4.46. The molecule has 2 aliphatic heterocycles. The molecule has 0 N–H and O–H groups in total. The zero-order valence-electron chi connectivity index (χ0n) is 15.4. The number of fused-ring (bicyclic) bond motifs is 1. The normalized spacial score (nSPS) is 14.5. The number of hydrogen-bond acceptors (Lipinski definition) is 2. The van der Waals surface area contributed by atoms with Gasteiger partial charge >= 0.3 is 7.25 Å². The summed E-state index contributed by atoms with van der Waals surface area (Å²) in [4.78, 5) is 0. The molecule has 0 radical (unpaired) electrons. The van der Waals surface area contributed by atoms with Crippen LogP contribution in [0, 0.1) is 6.92 Å². The lowest BCUT2D eigenvalue weighted by Crippen LogP contribution is -2.39. The maximum Gasteiger partial charge on any atom is 0.673 e. The first kappa shape index (κ1) is 20.1. The van der Waals surface area contributed by atoms with E-state index in [2.05, 4.69) is 47.9 Å². The lowest BCUT2D eigenvalue weighted by Gasteiger charge is -2.13. The summed E-state index contributed by atoms with van der Waals surface area (Å²) < 4.78 is 53.0. The van der Waals surface area contributed by atoms with Gasteiger partial charge in [-0.25, -0.2) is 4.58 Å². The summed E-state index contributed by atoms with van der Waals surface area (Å²) in [5, 5.41) is 1.20. The Morgan fingerprint density at radius 3 is 2.14 bits per heavy atom. The number of benzene rings is 2. The second-order valence-corrected chi connectivity index (χ2v) is 6.43. The van der Waals surface area contributed by atoms with Gasteiger partial charge in [-0.3, -0.25) is 0 Å². The Bertz CT molecular complexity index is 956. The maximum atomic E-state index is 9.75. The van der Waals surface area contributed by atoms with Crippen LogP contribution in [0.5, 0.6) is 0 Å². The minimum Gasteiger partial charge on any atom is -0.456 e. The van der Waals surface area contributed by atoms with Crippen LogP contribution in [-0.2, 0) is 4.74 Å². The van der Waals surface area contributed by atoms with Gasteiger partial charge in [0.1, 0.15) is 24.7 Å². The van der Waals surface area contributed by atoms with Crippen molar-refractivity contribution in [3.05, 3.63) is 65.5 Å². The molecule has 1 saturated heterocycles. The van der Waals surface area contributed by atoms with Crippen LogP contribution < -0.4 is 9.93 Å². The first-order valence-corrected chi connectivity index (χ1v) is 8.94. The highest BCUT2D eigenvalue weighted by molar-refractivity contribution is 6.50. The van der Waals surface area contributed by atoms with E-state index in [-0.39, 0.29) is 0 Å². The van der Waals surface area contributed by atoms with E-state index in [1.54, 1.807) is 0 Å². The van der Waals surface area contributed by atoms with Gasteiger partial charge in [0.05, 0.1) is 6.07 Å². The van der Waals surface area contributed by atoms with Gasteiger partial charge in [-0.15, -0.1) is 0 Å². The van der Waals surface area contributed by atoms with Crippen LogP contribution in [0.15, 0.2) is 59.0 Å². The molecule has 0 atom stereocenters. The summed E-state index contributed by atoms with van der Waals surface area (Å²) in [5.74, 6) is 1.85. The first-order chi connectivity index (χ1) is 13.3. The van der Waals surface area contributed by atoms with E-state index < -0.39 is 7.25 Å². The number of nitrogens with zero attached hydrogens (tertiary/aromatic N) is 1. The Balaban J connectivity index is 0.000000403. The van der Waals surface area contributed by atoms with Gasteiger partial charge in [-0.1, -0.05) is 30.3 Å². The number of rotatable bonds is 1. The number of hydrogen-bond donors (Lipinski definition) is 0. The van der Waals surface area contributed by atoms with E-state index in [4.69, 9.17) is 9.15 Å². The zero-order valence-corrected chi connectivity index (χ0v) is 15.4. The molecule has 1 aromatic rings.